The van der Waals surface area contributed by atoms with Crippen molar-refractivity contribution in [2.75, 3.05) is 19.7 Å². The minimum atomic E-state index is 0.280. The summed E-state index contributed by atoms with van der Waals surface area (Å²) in [6.45, 7) is 3.13. The molecule has 1 saturated heterocycles. The summed E-state index contributed by atoms with van der Waals surface area (Å²) in [5.74, 6) is 1.11. The molecule has 1 N–H and O–H groups in total. The largest absolute Gasteiger partial charge is 0.508 e. The van der Waals surface area contributed by atoms with Crippen molar-refractivity contribution in [2.24, 2.45) is 0 Å². The van der Waals surface area contributed by atoms with Crippen LogP contribution in [0.2, 0.25) is 0 Å². The first-order valence-corrected chi connectivity index (χ1v) is 9.51. The average molecular weight is 339 g/mol. The highest BCUT2D eigenvalue weighted by molar-refractivity contribution is 5.30. The normalized spacial score (nSPS) is 18.2. The van der Waals surface area contributed by atoms with Crippen LogP contribution in [0.5, 0.6) is 11.5 Å². The van der Waals surface area contributed by atoms with Crippen LogP contribution in [-0.4, -0.2) is 35.7 Å². The molecule has 2 aromatic carbocycles. The van der Waals surface area contributed by atoms with E-state index in [1.807, 2.05) is 12.1 Å². The van der Waals surface area contributed by atoms with Gasteiger partial charge in [-0.2, -0.15) is 0 Å². The fourth-order valence-corrected chi connectivity index (χ4v) is 3.62. The van der Waals surface area contributed by atoms with E-state index in [0.29, 0.717) is 6.04 Å². The number of rotatable bonds is 8. The second-order valence-corrected chi connectivity index (χ2v) is 6.92. The molecular formula is C22H29NO2. The first-order chi connectivity index (χ1) is 12.3. The smallest absolute Gasteiger partial charge is 0.119 e. The van der Waals surface area contributed by atoms with E-state index in [4.69, 9.17) is 4.74 Å². The Hall–Kier alpha value is -2.00. The van der Waals surface area contributed by atoms with Crippen LogP contribution in [0.1, 0.15) is 37.7 Å². The zero-order chi connectivity index (χ0) is 17.3. The van der Waals surface area contributed by atoms with Gasteiger partial charge in [0.2, 0.25) is 0 Å². The number of hydrogen-bond acceptors (Lipinski definition) is 3. The zero-order valence-electron chi connectivity index (χ0n) is 14.9. The van der Waals surface area contributed by atoms with Gasteiger partial charge in [0, 0.05) is 6.04 Å². The van der Waals surface area contributed by atoms with Gasteiger partial charge in [-0.05, 0) is 75.0 Å². The van der Waals surface area contributed by atoms with Gasteiger partial charge in [-0.1, -0.05) is 36.8 Å². The standard InChI is InChI=1S/C22H29NO2/c24-21-11-13-22(14-12-21)25-17-7-6-16-23-15-5-4-10-20(23)18-19-8-2-1-3-9-19/h1-3,8-9,11-14,20,24H,4-7,10,15-18H2. The second-order valence-electron chi connectivity index (χ2n) is 6.92. The van der Waals surface area contributed by atoms with Crippen molar-refractivity contribution in [3.05, 3.63) is 60.2 Å². The van der Waals surface area contributed by atoms with Gasteiger partial charge in [0.1, 0.15) is 11.5 Å². The quantitative estimate of drug-likeness (QED) is 0.711. The lowest BCUT2D eigenvalue weighted by Gasteiger charge is -2.36. The monoisotopic (exact) mass is 339 g/mol. The molecule has 0 saturated carbocycles. The Bertz CT molecular complexity index is 612. The summed E-state index contributed by atoms with van der Waals surface area (Å²) in [6, 6.07) is 18.5. The van der Waals surface area contributed by atoms with Crippen molar-refractivity contribution in [2.45, 2.75) is 44.6 Å². The van der Waals surface area contributed by atoms with Gasteiger partial charge in [-0.15, -0.1) is 0 Å². The Morgan fingerprint density at radius 2 is 1.76 bits per heavy atom. The van der Waals surface area contributed by atoms with Gasteiger partial charge in [-0.3, -0.25) is 0 Å². The molecule has 0 aliphatic carbocycles. The van der Waals surface area contributed by atoms with Crippen molar-refractivity contribution in [3.8, 4) is 11.5 Å². The maximum atomic E-state index is 9.28. The predicted molar refractivity (Wildman–Crippen MR) is 102 cm³/mol. The minimum absolute atomic E-state index is 0.280. The SMILES string of the molecule is Oc1ccc(OCCCCN2CCCCC2Cc2ccccc2)cc1. The van der Waals surface area contributed by atoms with Gasteiger partial charge in [0.25, 0.3) is 0 Å². The van der Waals surface area contributed by atoms with E-state index in [1.165, 1.54) is 44.2 Å². The van der Waals surface area contributed by atoms with E-state index < -0.39 is 0 Å². The third-order valence-electron chi connectivity index (χ3n) is 5.01. The van der Waals surface area contributed by atoms with Crippen LogP contribution >= 0.6 is 0 Å². The number of phenols is 1. The molecule has 2 aromatic rings. The van der Waals surface area contributed by atoms with Crippen LogP contribution in [0.3, 0.4) is 0 Å². The topological polar surface area (TPSA) is 32.7 Å². The molecule has 0 amide bonds. The van der Waals surface area contributed by atoms with Crippen molar-refractivity contribution in [1.29, 1.82) is 0 Å². The lowest BCUT2D eigenvalue weighted by molar-refractivity contribution is 0.142. The molecule has 0 bridgehead atoms. The van der Waals surface area contributed by atoms with E-state index in [0.717, 1.165) is 25.3 Å². The molecular weight excluding hydrogens is 310 g/mol. The van der Waals surface area contributed by atoms with E-state index in [1.54, 1.807) is 12.1 Å². The van der Waals surface area contributed by atoms with Gasteiger partial charge >= 0.3 is 0 Å². The van der Waals surface area contributed by atoms with Crippen molar-refractivity contribution >= 4 is 0 Å². The summed E-state index contributed by atoms with van der Waals surface area (Å²) >= 11 is 0. The van der Waals surface area contributed by atoms with Gasteiger partial charge in [0.15, 0.2) is 0 Å². The second kappa shape index (κ2) is 9.47. The molecule has 3 heteroatoms. The Kier molecular flexibility index (Phi) is 6.75. The predicted octanol–water partition coefficient (Wildman–Crippen LogP) is 4.65. The molecule has 0 spiro atoms. The third-order valence-corrected chi connectivity index (χ3v) is 5.01. The number of piperidine rings is 1. The average Bonchev–Trinajstić information content (AvgIpc) is 2.65. The molecule has 1 aliphatic heterocycles. The van der Waals surface area contributed by atoms with E-state index >= 15 is 0 Å². The molecule has 0 aromatic heterocycles. The summed E-state index contributed by atoms with van der Waals surface area (Å²) in [7, 11) is 0. The number of aromatic hydroxyl groups is 1. The van der Waals surface area contributed by atoms with Crippen LogP contribution in [0.15, 0.2) is 54.6 Å². The molecule has 1 fully saturated rings. The fraction of sp³-hybridized carbons (Fsp3) is 0.455. The van der Waals surface area contributed by atoms with Crippen LogP contribution in [0, 0.1) is 0 Å². The zero-order valence-corrected chi connectivity index (χ0v) is 14.9. The van der Waals surface area contributed by atoms with Crippen molar-refractivity contribution < 1.29 is 9.84 Å². The highest BCUT2D eigenvalue weighted by Gasteiger charge is 2.21. The maximum absolute atomic E-state index is 9.28. The van der Waals surface area contributed by atoms with Crippen LogP contribution in [0.25, 0.3) is 0 Å². The number of unbranched alkanes of at least 4 members (excludes halogenated alkanes) is 1. The first-order valence-electron chi connectivity index (χ1n) is 9.51. The lowest BCUT2D eigenvalue weighted by atomic mass is 9.95. The van der Waals surface area contributed by atoms with Crippen LogP contribution in [0.4, 0.5) is 0 Å². The Morgan fingerprint density at radius 3 is 2.56 bits per heavy atom. The number of phenolic OH excluding ortho intramolecular Hbond substituents is 1. The summed E-state index contributed by atoms with van der Waals surface area (Å²) < 4.78 is 5.74. The number of nitrogens with zero attached hydrogens (tertiary/aromatic N) is 1. The molecule has 1 atom stereocenters. The summed E-state index contributed by atoms with van der Waals surface area (Å²) in [6.07, 6.45) is 7.41. The highest BCUT2D eigenvalue weighted by Crippen LogP contribution is 2.21. The molecule has 0 radical (unpaired) electrons. The van der Waals surface area contributed by atoms with Crippen molar-refractivity contribution in [1.82, 2.24) is 4.90 Å². The Labute approximate surface area is 151 Å². The summed E-state index contributed by atoms with van der Waals surface area (Å²) in [5.41, 5.74) is 1.45. The van der Waals surface area contributed by atoms with Crippen molar-refractivity contribution in [3.63, 3.8) is 0 Å². The summed E-state index contributed by atoms with van der Waals surface area (Å²) in [5, 5.41) is 9.28. The van der Waals surface area contributed by atoms with Gasteiger partial charge in [0.05, 0.1) is 6.61 Å². The van der Waals surface area contributed by atoms with E-state index in [2.05, 4.69) is 35.2 Å². The molecule has 134 valence electrons. The fourth-order valence-electron chi connectivity index (χ4n) is 3.62. The Morgan fingerprint density at radius 1 is 0.960 bits per heavy atom. The molecule has 3 rings (SSSR count). The molecule has 3 nitrogen and oxygen atoms in total. The van der Waals surface area contributed by atoms with Crippen LogP contribution in [-0.2, 0) is 6.42 Å². The molecule has 1 aliphatic rings. The number of hydrogen-bond donors (Lipinski definition) is 1. The summed E-state index contributed by atoms with van der Waals surface area (Å²) in [4.78, 5) is 2.68. The molecule has 1 heterocycles. The maximum Gasteiger partial charge on any atom is 0.119 e. The molecule has 1 unspecified atom stereocenters. The number of benzene rings is 2. The number of likely N-dealkylation sites (tertiary alicyclic amines) is 1. The molecule has 25 heavy (non-hydrogen) atoms. The van der Waals surface area contributed by atoms with Gasteiger partial charge in [-0.25, -0.2) is 0 Å². The van der Waals surface area contributed by atoms with E-state index in [9.17, 15) is 5.11 Å². The van der Waals surface area contributed by atoms with Crippen LogP contribution < -0.4 is 4.74 Å². The minimum Gasteiger partial charge on any atom is -0.508 e. The van der Waals surface area contributed by atoms with E-state index in [-0.39, 0.29) is 5.75 Å². The highest BCUT2D eigenvalue weighted by atomic mass is 16.5. The van der Waals surface area contributed by atoms with Gasteiger partial charge < -0.3 is 14.7 Å². The first kappa shape index (κ1) is 17.8. The Balaban J connectivity index is 1.39. The number of ether oxygens (including phenoxy) is 1. The lowest BCUT2D eigenvalue weighted by Crippen LogP contribution is -2.41. The third kappa shape index (κ3) is 5.79.